The van der Waals surface area contributed by atoms with Gasteiger partial charge in [0.25, 0.3) is 0 Å². The number of rotatable bonds is 7. The summed E-state index contributed by atoms with van der Waals surface area (Å²) >= 11 is 0. The molecule has 1 amide bonds. The Morgan fingerprint density at radius 3 is 2.68 bits per heavy atom. The molecule has 0 radical (unpaired) electrons. The van der Waals surface area contributed by atoms with Crippen LogP contribution in [-0.4, -0.2) is 29.9 Å². The molecule has 2 rings (SSSR count). The lowest BCUT2D eigenvalue weighted by molar-refractivity contribution is -0.116. The van der Waals surface area contributed by atoms with Gasteiger partial charge in [-0.1, -0.05) is 6.07 Å². The average molecular weight is 503 g/mol. The van der Waals surface area contributed by atoms with E-state index in [0.717, 1.165) is 23.9 Å². The first-order chi connectivity index (χ1) is 13.0. The van der Waals surface area contributed by atoms with Gasteiger partial charge in [-0.3, -0.25) is 4.79 Å². The third kappa shape index (κ3) is 8.15. The van der Waals surface area contributed by atoms with Crippen molar-refractivity contribution in [3.8, 4) is 0 Å². The number of amides is 1. The average Bonchev–Trinajstić information content (AvgIpc) is 2.62. The van der Waals surface area contributed by atoms with Crippen molar-refractivity contribution in [3.05, 3.63) is 59.3 Å². The number of carbonyl (C=O) groups is 1. The topological polar surface area (TPSA) is 78.4 Å². The predicted octanol–water partition coefficient (Wildman–Crippen LogP) is 3.37. The van der Waals surface area contributed by atoms with E-state index in [4.69, 9.17) is 0 Å². The molecule has 0 bridgehead atoms. The Kier molecular flexibility index (Phi) is 10.4. The first kappa shape index (κ1) is 23.7. The first-order valence-electron chi connectivity index (χ1n) is 8.67. The van der Waals surface area contributed by atoms with Crippen molar-refractivity contribution in [2.24, 2.45) is 4.99 Å². The fraction of sp³-hybridized carbons (Fsp3) is 0.316. The summed E-state index contributed by atoms with van der Waals surface area (Å²) in [6, 6.07) is 8.63. The molecule has 0 saturated carbocycles. The zero-order valence-corrected chi connectivity index (χ0v) is 18.1. The lowest BCUT2D eigenvalue weighted by Gasteiger charge is -2.11. The molecular weight excluding hydrogens is 479 g/mol. The third-order valence-electron chi connectivity index (χ3n) is 3.56. The number of aryl methyl sites for hydroxylation is 1. The van der Waals surface area contributed by atoms with Gasteiger partial charge in [0.15, 0.2) is 5.96 Å². The number of anilines is 1. The van der Waals surface area contributed by atoms with E-state index < -0.39 is 11.6 Å². The standard InChI is InChI=1S/C19H23F2N5O.HI/c1-3-22-19(24-12-14-11-15(20)7-8-16(14)21)23-10-9-18(27)26-17-6-4-5-13(2)25-17;/h4-8,11H,3,9-10,12H2,1-2H3,(H2,22,23,24)(H,25,26,27);1H. The minimum Gasteiger partial charge on any atom is -0.357 e. The summed E-state index contributed by atoms with van der Waals surface area (Å²) in [5.41, 5.74) is 0.979. The molecule has 3 N–H and O–H groups in total. The molecule has 0 atom stereocenters. The summed E-state index contributed by atoms with van der Waals surface area (Å²) in [7, 11) is 0. The van der Waals surface area contributed by atoms with Crippen LogP contribution in [0, 0.1) is 18.6 Å². The predicted molar refractivity (Wildman–Crippen MR) is 117 cm³/mol. The number of benzene rings is 1. The molecule has 9 heteroatoms. The molecule has 1 heterocycles. The number of guanidine groups is 1. The van der Waals surface area contributed by atoms with Gasteiger partial charge in [0.1, 0.15) is 17.5 Å². The molecule has 0 spiro atoms. The minimum atomic E-state index is -0.513. The van der Waals surface area contributed by atoms with Crippen molar-refractivity contribution in [1.29, 1.82) is 0 Å². The highest BCUT2D eigenvalue weighted by Crippen LogP contribution is 2.10. The highest BCUT2D eigenvalue weighted by molar-refractivity contribution is 14.0. The number of halogens is 3. The van der Waals surface area contributed by atoms with Crippen LogP contribution in [0.15, 0.2) is 41.4 Å². The van der Waals surface area contributed by atoms with Crippen molar-refractivity contribution < 1.29 is 13.6 Å². The van der Waals surface area contributed by atoms with Crippen LogP contribution >= 0.6 is 24.0 Å². The molecule has 152 valence electrons. The Labute approximate surface area is 180 Å². The van der Waals surface area contributed by atoms with Crippen LogP contribution < -0.4 is 16.0 Å². The number of hydrogen-bond donors (Lipinski definition) is 3. The molecule has 28 heavy (non-hydrogen) atoms. The van der Waals surface area contributed by atoms with Crippen LogP contribution in [0.1, 0.15) is 24.6 Å². The van der Waals surface area contributed by atoms with Crippen molar-refractivity contribution in [3.63, 3.8) is 0 Å². The van der Waals surface area contributed by atoms with E-state index in [1.165, 1.54) is 0 Å². The van der Waals surface area contributed by atoms with Crippen molar-refractivity contribution >= 4 is 41.7 Å². The second-order valence-electron chi connectivity index (χ2n) is 5.82. The van der Waals surface area contributed by atoms with E-state index >= 15 is 0 Å². The van der Waals surface area contributed by atoms with Crippen LogP contribution in [0.25, 0.3) is 0 Å². The van der Waals surface area contributed by atoms with E-state index in [1.54, 1.807) is 6.07 Å². The zero-order valence-electron chi connectivity index (χ0n) is 15.8. The number of aliphatic imine (C=N–C) groups is 1. The van der Waals surface area contributed by atoms with Crippen molar-refractivity contribution in [2.75, 3.05) is 18.4 Å². The quantitative estimate of drug-likeness (QED) is 0.308. The maximum absolute atomic E-state index is 13.7. The molecular formula is C19H24F2IN5O. The van der Waals surface area contributed by atoms with Gasteiger partial charge in [-0.2, -0.15) is 0 Å². The van der Waals surface area contributed by atoms with E-state index in [2.05, 4.69) is 25.9 Å². The number of nitrogens with zero attached hydrogens (tertiary/aromatic N) is 2. The van der Waals surface area contributed by atoms with Crippen LogP contribution in [0.5, 0.6) is 0 Å². The third-order valence-corrected chi connectivity index (χ3v) is 3.56. The molecule has 6 nitrogen and oxygen atoms in total. The normalized spacial score (nSPS) is 10.8. The largest absolute Gasteiger partial charge is 0.357 e. The highest BCUT2D eigenvalue weighted by Gasteiger charge is 2.06. The Morgan fingerprint density at radius 2 is 1.96 bits per heavy atom. The van der Waals surface area contributed by atoms with Gasteiger partial charge in [-0.15, -0.1) is 24.0 Å². The fourth-order valence-electron chi connectivity index (χ4n) is 2.28. The van der Waals surface area contributed by atoms with Crippen LogP contribution in [0.4, 0.5) is 14.6 Å². The van der Waals surface area contributed by atoms with E-state index in [9.17, 15) is 13.6 Å². The van der Waals surface area contributed by atoms with Gasteiger partial charge < -0.3 is 16.0 Å². The number of carbonyl (C=O) groups excluding carboxylic acids is 1. The van der Waals surface area contributed by atoms with Gasteiger partial charge in [0.05, 0.1) is 6.54 Å². The fourth-order valence-corrected chi connectivity index (χ4v) is 2.28. The second kappa shape index (κ2) is 12.2. The SMILES string of the molecule is CCNC(=NCc1cc(F)ccc1F)NCCC(=O)Nc1cccc(C)n1.I. The molecule has 1 aromatic carbocycles. The van der Waals surface area contributed by atoms with E-state index in [0.29, 0.717) is 24.9 Å². The lowest BCUT2D eigenvalue weighted by atomic mass is 10.2. The second-order valence-corrected chi connectivity index (χ2v) is 5.82. The summed E-state index contributed by atoms with van der Waals surface area (Å²) in [6.07, 6.45) is 0.203. The van der Waals surface area contributed by atoms with Gasteiger partial charge >= 0.3 is 0 Å². The highest BCUT2D eigenvalue weighted by atomic mass is 127. The van der Waals surface area contributed by atoms with Gasteiger partial charge in [0.2, 0.25) is 5.91 Å². The molecule has 0 aliphatic rings. The first-order valence-corrected chi connectivity index (χ1v) is 8.67. The molecule has 2 aromatic rings. The summed E-state index contributed by atoms with van der Waals surface area (Å²) in [5, 5.41) is 8.71. The number of hydrogen-bond acceptors (Lipinski definition) is 3. The van der Waals surface area contributed by atoms with Crippen LogP contribution in [-0.2, 0) is 11.3 Å². The Hall–Kier alpha value is -2.30. The monoisotopic (exact) mass is 503 g/mol. The maximum Gasteiger partial charge on any atom is 0.227 e. The summed E-state index contributed by atoms with van der Waals surface area (Å²) in [6.45, 7) is 4.64. The zero-order chi connectivity index (χ0) is 19.6. The molecule has 0 saturated heterocycles. The van der Waals surface area contributed by atoms with E-state index in [1.807, 2.05) is 26.0 Å². The van der Waals surface area contributed by atoms with Gasteiger partial charge in [0, 0.05) is 30.8 Å². The minimum absolute atomic E-state index is 0. The van der Waals surface area contributed by atoms with E-state index in [-0.39, 0.29) is 48.4 Å². The Bertz CT molecular complexity index is 817. The number of aromatic nitrogens is 1. The molecule has 1 aromatic heterocycles. The number of nitrogens with one attached hydrogen (secondary N) is 3. The molecule has 0 unspecified atom stereocenters. The smallest absolute Gasteiger partial charge is 0.227 e. The van der Waals surface area contributed by atoms with Crippen molar-refractivity contribution in [2.45, 2.75) is 26.8 Å². The summed E-state index contributed by atoms with van der Waals surface area (Å²) in [5.74, 6) is -0.292. The van der Waals surface area contributed by atoms with Crippen molar-refractivity contribution in [1.82, 2.24) is 15.6 Å². The molecule has 0 fully saturated rings. The molecule has 0 aliphatic carbocycles. The van der Waals surface area contributed by atoms with Gasteiger partial charge in [-0.05, 0) is 44.2 Å². The summed E-state index contributed by atoms with van der Waals surface area (Å²) < 4.78 is 26.9. The maximum atomic E-state index is 13.7. The summed E-state index contributed by atoms with van der Waals surface area (Å²) in [4.78, 5) is 20.4. The number of pyridine rings is 1. The van der Waals surface area contributed by atoms with Gasteiger partial charge in [-0.25, -0.2) is 18.8 Å². The Morgan fingerprint density at radius 1 is 1.18 bits per heavy atom. The van der Waals surface area contributed by atoms with Crippen LogP contribution in [0.2, 0.25) is 0 Å². The molecule has 0 aliphatic heterocycles. The Balaban J connectivity index is 0.00000392. The lowest BCUT2D eigenvalue weighted by Crippen LogP contribution is -2.38. The van der Waals surface area contributed by atoms with Crippen LogP contribution in [0.3, 0.4) is 0 Å².